The molecule has 1 aromatic heterocycles. The quantitative estimate of drug-likeness (QED) is 0.765. The number of hydrogen-bond donors (Lipinski definition) is 0. The Morgan fingerprint density at radius 3 is 3.00 bits per heavy atom. The van der Waals surface area contributed by atoms with E-state index in [9.17, 15) is 4.79 Å². The lowest BCUT2D eigenvalue weighted by molar-refractivity contribution is -0.149. The molecule has 2 atom stereocenters. The minimum atomic E-state index is -0.0707. The monoisotopic (exact) mass is 251 g/mol. The first-order valence-electron chi connectivity index (χ1n) is 6.55. The van der Waals surface area contributed by atoms with Crippen LogP contribution < -0.4 is 4.90 Å². The van der Waals surface area contributed by atoms with Crippen molar-refractivity contribution >= 4 is 11.7 Å². The lowest BCUT2D eigenvalue weighted by Gasteiger charge is -2.38. The van der Waals surface area contributed by atoms with Crippen molar-refractivity contribution < 1.29 is 9.53 Å². The van der Waals surface area contributed by atoms with Gasteiger partial charge in [-0.15, -0.1) is 0 Å². The van der Waals surface area contributed by atoms with Crippen LogP contribution in [-0.4, -0.2) is 34.9 Å². The molecule has 1 saturated heterocycles. The summed E-state index contributed by atoms with van der Waals surface area (Å²) in [7, 11) is 1.90. The van der Waals surface area contributed by atoms with Gasteiger partial charge in [-0.3, -0.25) is 9.48 Å². The molecule has 1 aliphatic heterocycles. The molecule has 1 aromatic rings. The van der Waals surface area contributed by atoms with Gasteiger partial charge in [0.1, 0.15) is 0 Å². The maximum atomic E-state index is 11.9. The molecule has 2 heterocycles. The zero-order valence-corrected chi connectivity index (χ0v) is 11.3. The first-order valence-corrected chi connectivity index (χ1v) is 6.55. The van der Waals surface area contributed by atoms with Crippen molar-refractivity contribution in [2.75, 3.05) is 18.1 Å². The number of aryl methyl sites for hydroxylation is 1. The predicted octanol–water partition coefficient (Wildman–Crippen LogP) is 1.59. The summed E-state index contributed by atoms with van der Waals surface area (Å²) in [5.74, 6) is -0.0995. The number of carbonyl (C=O) groups is 1. The van der Waals surface area contributed by atoms with Gasteiger partial charge in [0.05, 0.1) is 24.4 Å². The highest BCUT2D eigenvalue weighted by molar-refractivity contribution is 5.74. The Morgan fingerprint density at radius 2 is 2.39 bits per heavy atom. The van der Waals surface area contributed by atoms with Crippen LogP contribution in [0.3, 0.4) is 0 Å². The van der Waals surface area contributed by atoms with Gasteiger partial charge in [0.25, 0.3) is 0 Å². The average molecular weight is 251 g/mol. The Hall–Kier alpha value is -1.52. The van der Waals surface area contributed by atoms with E-state index in [0.29, 0.717) is 6.61 Å². The lowest BCUT2D eigenvalue weighted by atomic mass is 9.90. The van der Waals surface area contributed by atoms with Crippen molar-refractivity contribution in [2.24, 2.45) is 13.0 Å². The summed E-state index contributed by atoms with van der Waals surface area (Å²) < 4.78 is 6.94. The smallest absolute Gasteiger partial charge is 0.311 e. The normalized spacial score (nSPS) is 24.1. The SMILES string of the molecule is CCOC(=O)[C@@H]1CCCN(c2cnn(C)c2)[C@@H]1C. The van der Waals surface area contributed by atoms with E-state index in [4.69, 9.17) is 4.74 Å². The number of aromatic nitrogens is 2. The van der Waals surface area contributed by atoms with E-state index in [1.807, 2.05) is 26.4 Å². The second-order valence-corrected chi connectivity index (χ2v) is 4.81. The van der Waals surface area contributed by atoms with Crippen molar-refractivity contribution in [2.45, 2.75) is 32.7 Å². The van der Waals surface area contributed by atoms with E-state index in [2.05, 4.69) is 16.9 Å². The van der Waals surface area contributed by atoms with Crippen LogP contribution >= 0.6 is 0 Å². The van der Waals surface area contributed by atoms with E-state index in [1.165, 1.54) is 0 Å². The van der Waals surface area contributed by atoms with Crippen LogP contribution in [0.2, 0.25) is 0 Å². The van der Waals surface area contributed by atoms with Gasteiger partial charge in [-0.1, -0.05) is 0 Å². The summed E-state index contributed by atoms with van der Waals surface area (Å²) in [5, 5.41) is 4.19. The van der Waals surface area contributed by atoms with Gasteiger partial charge in [0.15, 0.2) is 0 Å². The molecule has 0 aromatic carbocycles. The maximum Gasteiger partial charge on any atom is 0.311 e. The van der Waals surface area contributed by atoms with Crippen LogP contribution in [0, 0.1) is 5.92 Å². The lowest BCUT2D eigenvalue weighted by Crippen LogP contribution is -2.46. The fourth-order valence-electron chi connectivity index (χ4n) is 2.63. The molecule has 0 N–H and O–H groups in total. The third kappa shape index (κ3) is 2.49. The van der Waals surface area contributed by atoms with Crippen LogP contribution in [-0.2, 0) is 16.6 Å². The minimum absolute atomic E-state index is 0.0288. The predicted molar refractivity (Wildman–Crippen MR) is 69.4 cm³/mol. The van der Waals surface area contributed by atoms with E-state index in [1.54, 1.807) is 4.68 Å². The zero-order valence-electron chi connectivity index (χ0n) is 11.3. The summed E-state index contributed by atoms with van der Waals surface area (Å²) in [5.41, 5.74) is 1.08. The summed E-state index contributed by atoms with van der Waals surface area (Å²) in [6.45, 7) is 5.37. The fourth-order valence-corrected chi connectivity index (χ4v) is 2.63. The molecule has 0 radical (unpaired) electrons. The number of nitrogens with zero attached hydrogens (tertiary/aromatic N) is 3. The molecule has 1 fully saturated rings. The van der Waals surface area contributed by atoms with Crippen molar-refractivity contribution in [3.8, 4) is 0 Å². The van der Waals surface area contributed by atoms with Crippen LogP contribution in [0.25, 0.3) is 0 Å². The second-order valence-electron chi connectivity index (χ2n) is 4.81. The van der Waals surface area contributed by atoms with E-state index in [0.717, 1.165) is 25.1 Å². The average Bonchev–Trinajstić information content (AvgIpc) is 2.76. The molecule has 2 rings (SSSR count). The largest absolute Gasteiger partial charge is 0.466 e. The molecule has 0 amide bonds. The molecule has 5 nitrogen and oxygen atoms in total. The van der Waals surface area contributed by atoms with Crippen LogP contribution in [0.1, 0.15) is 26.7 Å². The third-order valence-electron chi connectivity index (χ3n) is 3.60. The molecular weight excluding hydrogens is 230 g/mol. The molecule has 0 saturated carbocycles. The summed E-state index contributed by atoms with van der Waals surface area (Å²) in [6.07, 6.45) is 5.77. The van der Waals surface area contributed by atoms with Crippen LogP contribution in [0.15, 0.2) is 12.4 Å². The van der Waals surface area contributed by atoms with Gasteiger partial charge in [0, 0.05) is 25.8 Å². The molecule has 1 aliphatic rings. The number of hydrogen-bond acceptors (Lipinski definition) is 4. The van der Waals surface area contributed by atoms with Gasteiger partial charge in [-0.05, 0) is 26.7 Å². The number of anilines is 1. The molecule has 0 aliphatic carbocycles. The van der Waals surface area contributed by atoms with Gasteiger partial charge in [0.2, 0.25) is 0 Å². The zero-order chi connectivity index (χ0) is 13.1. The number of esters is 1. The van der Waals surface area contributed by atoms with E-state index >= 15 is 0 Å². The molecule has 100 valence electrons. The Kier molecular flexibility index (Phi) is 3.89. The molecule has 5 heteroatoms. The van der Waals surface area contributed by atoms with Crippen molar-refractivity contribution in [1.82, 2.24) is 9.78 Å². The third-order valence-corrected chi connectivity index (χ3v) is 3.60. The van der Waals surface area contributed by atoms with E-state index in [-0.39, 0.29) is 17.9 Å². The van der Waals surface area contributed by atoms with Crippen molar-refractivity contribution in [3.63, 3.8) is 0 Å². The van der Waals surface area contributed by atoms with Crippen LogP contribution in [0.5, 0.6) is 0 Å². The Bertz CT molecular complexity index is 416. The summed E-state index contributed by atoms with van der Waals surface area (Å²) in [6, 6.07) is 0.169. The molecule has 18 heavy (non-hydrogen) atoms. The number of piperidine rings is 1. The number of carbonyl (C=O) groups excluding carboxylic acids is 1. The molecule has 0 bridgehead atoms. The Morgan fingerprint density at radius 1 is 1.61 bits per heavy atom. The number of rotatable bonds is 3. The van der Waals surface area contributed by atoms with Crippen molar-refractivity contribution in [3.05, 3.63) is 12.4 Å². The second kappa shape index (κ2) is 5.42. The van der Waals surface area contributed by atoms with Gasteiger partial charge >= 0.3 is 5.97 Å². The number of ether oxygens (including phenoxy) is 1. The van der Waals surface area contributed by atoms with Gasteiger partial charge in [-0.25, -0.2) is 0 Å². The summed E-state index contributed by atoms with van der Waals surface area (Å²) >= 11 is 0. The van der Waals surface area contributed by atoms with Gasteiger partial charge in [-0.2, -0.15) is 5.10 Å². The van der Waals surface area contributed by atoms with E-state index < -0.39 is 0 Å². The fraction of sp³-hybridized carbons (Fsp3) is 0.692. The topological polar surface area (TPSA) is 47.4 Å². The Balaban J connectivity index is 2.11. The standard InChI is InChI=1S/C13H21N3O2/c1-4-18-13(17)12-6-5-7-16(10(12)2)11-8-14-15(3)9-11/h8-10,12H,4-7H2,1-3H3/t10-,12-/m1/s1. The molecule has 0 unspecified atom stereocenters. The van der Waals surface area contributed by atoms with Gasteiger partial charge < -0.3 is 9.64 Å². The molecular formula is C13H21N3O2. The van der Waals surface area contributed by atoms with Crippen molar-refractivity contribution in [1.29, 1.82) is 0 Å². The highest BCUT2D eigenvalue weighted by Gasteiger charge is 2.34. The highest BCUT2D eigenvalue weighted by Crippen LogP contribution is 2.29. The van der Waals surface area contributed by atoms with Crippen LogP contribution in [0.4, 0.5) is 5.69 Å². The Labute approximate surface area is 108 Å². The first kappa shape index (κ1) is 12.9. The summed E-state index contributed by atoms with van der Waals surface area (Å²) in [4.78, 5) is 14.2. The first-order chi connectivity index (χ1) is 8.63. The molecule has 0 spiro atoms. The highest BCUT2D eigenvalue weighted by atomic mass is 16.5. The maximum absolute atomic E-state index is 11.9. The minimum Gasteiger partial charge on any atom is -0.466 e.